The van der Waals surface area contributed by atoms with Crippen LogP contribution in [0.2, 0.25) is 5.02 Å². The van der Waals surface area contributed by atoms with E-state index in [2.05, 4.69) is 20.8 Å². The molecule has 0 amide bonds. The largest absolute Gasteiger partial charge is 0.298 e. The summed E-state index contributed by atoms with van der Waals surface area (Å²) in [5, 5.41) is 0.750. The van der Waals surface area contributed by atoms with Crippen LogP contribution in [0, 0.1) is 5.82 Å². The summed E-state index contributed by atoms with van der Waals surface area (Å²) in [6.45, 7) is 1.51. The zero-order valence-corrected chi connectivity index (χ0v) is 12.9. The minimum absolute atomic E-state index is 0.206. The Morgan fingerprint density at radius 1 is 1.11 bits per heavy atom. The molecule has 0 aliphatic carbocycles. The topological polar surface area (TPSA) is 3.24 Å². The van der Waals surface area contributed by atoms with Crippen LogP contribution in [0.4, 0.5) is 4.39 Å². The lowest BCUT2D eigenvalue weighted by Crippen LogP contribution is -2.17. The highest BCUT2D eigenvalue weighted by molar-refractivity contribution is 9.10. The molecule has 4 heteroatoms. The van der Waals surface area contributed by atoms with Crippen LogP contribution in [0.15, 0.2) is 46.9 Å². The van der Waals surface area contributed by atoms with Gasteiger partial charge in [-0.3, -0.25) is 4.90 Å². The molecule has 0 spiro atoms. The number of benzene rings is 2. The van der Waals surface area contributed by atoms with E-state index in [1.807, 2.05) is 25.2 Å². The van der Waals surface area contributed by atoms with Crippen molar-refractivity contribution < 1.29 is 4.39 Å². The minimum Gasteiger partial charge on any atom is -0.298 e. The van der Waals surface area contributed by atoms with Crippen LogP contribution >= 0.6 is 27.5 Å². The third kappa shape index (κ3) is 4.30. The van der Waals surface area contributed by atoms with Gasteiger partial charge in [-0.2, -0.15) is 0 Å². The predicted octanol–water partition coefficient (Wildman–Crippen LogP) is 4.87. The lowest BCUT2D eigenvalue weighted by Gasteiger charge is -2.17. The van der Waals surface area contributed by atoms with Crippen molar-refractivity contribution in [2.24, 2.45) is 0 Å². The van der Waals surface area contributed by atoms with Crippen molar-refractivity contribution in [1.82, 2.24) is 4.90 Å². The fourth-order valence-electron chi connectivity index (χ4n) is 1.90. The summed E-state index contributed by atoms with van der Waals surface area (Å²) in [5.74, 6) is -0.206. The van der Waals surface area contributed by atoms with Crippen LogP contribution in [0.5, 0.6) is 0 Å². The molecule has 0 unspecified atom stereocenters. The maximum Gasteiger partial charge on any atom is 0.123 e. The summed E-state index contributed by atoms with van der Waals surface area (Å²) in [6, 6.07) is 12.4. The van der Waals surface area contributed by atoms with Gasteiger partial charge in [0.2, 0.25) is 0 Å². The van der Waals surface area contributed by atoms with Crippen LogP contribution in [0.25, 0.3) is 0 Å². The molecule has 0 saturated heterocycles. The number of rotatable bonds is 4. The third-order valence-corrected chi connectivity index (χ3v) is 3.67. The zero-order chi connectivity index (χ0) is 13.8. The molecule has 100 valence electrons. The molecule has 2 rings (SSSR count). The van der Waals surface area contributed by atoms with E-state index in [-0.39, 0.29) is 5.82 Å². The Kier molecular flexibility index (Phi) is 4.97. The molecule has 0 bridgehead atoms. The summed E-state index contributed by atoms with van der Waals surface area (Å²) in [4.78, 5) is 2.14. The Morgan fingerprint density at radius 3 is 2.42 bits per heavy atom. The van der Waals surface area contributed by atoms with Gasteiger partial charge in [-0.15, -0.1) is 0 Å². The first kappa shape index (κ1) is 14.5. The molecule has 0 fully saturated rings. The van der Waals surface area contributed by atoms with E-state index in [1.54, 1.807) is 12.1 Å². The summed E-state index contributed by atoms with van der Waals surface area (Å²) in [6.07, 6.45) is 0. The van der Waals surface area contributed by atoms with E-state index in [4.69, 9.17) is 11.6 Å². The van der Waals surface area contributed by atoms with Gasteiger partial charge in [-0.1, -0.05) is 45.7 Å². The lowest BCUT2D eigenvalue weighted by atomic mass is 10.2. The van der Waals surface area contributed by atoms with E-state index in [9.17, 15) is 4.39 Å². The number of halogens is 3. The van der Waals surface area contributed by atoms with Crippen molar-refractivity contribution in [2.75, 3.05) is 7.05 Å². The van der Waals surface area contributed by atoms with Gasteiger partial charge in [0.15, 0.2) is 0 Å². The van der Waals surface area contributed by atoms with Gasteiger partial charge in [0.25, 0.3) is 0 Å². The molecule has 2 aromatic carbocycles. The van der Waals surface area contributed by atoms with Crippen molar-refractivity contribution in [3.63, 3.8) is 0 Å². The molecule has 0 saturated carbocycles. The van der Waals surface area contributed by atoms with Gasteiger partial charge in [-0.05, 0) is 42.4 Å². The summed E-state index contributed by atoms with van der Waals surface area (Å²) < 4.78 is 13.8. The summed E-state index contributed by atoms with van der Waals surface area (Å²) in [7, 11) is 2.02. The molecule has 2 aromatic rings. The molecule has 0 N–H and O–H groups in total. The normalized spacial score (nSPS) is 11.0. The summed E-state index contributed by atoms with van der Waals surface area (Å²) in [5.41, 5.74) is 2.16. The average molecular weight is 343 g/mol. The zero-order valence-electron chi connectivity index (χ0n) is 10.5. The first-order valence-electron chi connectivity index (χ1n) is 5.91. The molecular weight excluding hydrogens is 329 g/mol. The highest BCUT2D eigenvalue weighted by Crippen LogP contribution is 2.22. The Labute approximate surface area is 126 Å². The molecule has 0 radical (unpaired) electrons. The third-order valence-electron chi connectivity index (χ3n) is 2.82. The first-order valence-corrected chi connectivity index (χ1v) is 7.08. The van der Waals surface area contributed by atoms with Crippen molar-refractivity contribution in [2.45, 2.75) is 13.1 Å². The lowest BCUT2D eigenvalue weighted by molar-refractivity contribution is 0.319. The van der Waals surface area contributed by atoms with Gasteiger partial charge in [0.1, 0.15) is 5.82 Å². The second-order valence-corrected chi connectivity index (χ2v) is 5.86. The van der Waals surface area contributed by atoms with Crippen molar-refractivity contribution >= 4 is 27.5 Å². The van der Waals surface area contributed by atoms with Crippen molar-refractivity contribution in [3.05, 3.63) is 68.9 Å². The average Bonchev–Trinajstić information content (AvgIpc) is 2.36. The second-order valence-electron chi connectivity index (χ2n) is 4.53. The molecule has 1 nitrogen and oxygen atoms in total. The Balaban J connectivity index is 2.01. The maximum atomic E-state index is 12.8. The Bertz CT molecular complexity index is 557. The monoisotopic (exact) mass is 341 g/mol. The molecule has 19 heavy (non-hydrogen) atoms. The van der Waals surface area contributed by atoms with Crippen molar-refractivity contribution in [3.8, 4) is 0 Å². The standard InChI is InChI=1S/C15H14BrClFN/c1-19(9-11-2-6-14(18)7-3-11)10-12-4-5-13(16)8-15(12)17/h2-8H,9-10H2,1H3. The molecule has 0 atom stereocenters. The van der Waals surface area contributed by atoms with Crippen LogP contribution < -0.4 is 0 Å². The van der Waals surface area contributed by atoms with Gasteiger partial charge in [0.05, 0.1) is 0 Å². The molecule has 0 heterocycles. The van der Waals surface area contributed by atoms with E-state index in [0.29, 0.717) is 0 Å². The highest BCUT2D eigenvalue weighted by atomic mass is 79.9. The number of hydrogen-bond acceptors (Lipinski definition) is 1. The Morgan fingerprint density at radius 2 is 1.79 bits per heavy atom. The van der Waals surface area contributed by atoms with E-state index < -0.39 is 0 Å². The fourth-order valence-corrected chi connectivity index (χ4v) is 2.63. The van der Waals surface area contributed by atoms with E-state index in [1.165, 1.54) is 12.1 Å². The quantitative estimate of drug-likeness (QED) is 0.766. The van der Waals surface area contributed by atoms with Gasteiger partial charge in [0, 0.05) is 22.6 Å². The smallest absolute Gasteiger partial charge is 0.123 e. The molecular formula is C15H14BrClFN. The number of hydrogen-bond donors (Lipinski definition) is 0. The van der Waals surface area contributed by atoms with E-state index >= 15 is 0 Å². The fraction of sp³-hybridized carbons (Fsp3) is 0.200. The molecule has 0 aromatic heterocycles. The molecule has 0 aliphatic heterocycles. The second kappa shape index (κ2) is 6.51. The predicted molar refractivity (Wildman–Crippen MR) is 80.7 cm³/mol. The Hall–Kier alpha value is -0.900. The molecule has 0 aliphatic rings. The number of nitrogens with zero attached hydrogens (tertiary/aromatic N) is 1. The van der Waals surface area contributed by atoms with Crippen molar-refractivity contribution in [1.29, 1.82) is 0 Å². The first-order chi connectivity index (χ1) is 9.04. The van der Waals surface area contributed by atoms with Gasteiger partial charge in [-0.25, -0.2) is 4.39 Å². The van der Waals surface area contributed by atoms with Crippen LogP contribution in [0.1, 0.15) is 11.1 Å². The minimum atomic E-state index is -0.206. The maximum absolute atomic E-state index is 12.8. The van der Waals surface area contributed by atoms with Crippen LogP contribution in [-0.2, 0) is 13.1 Å². The van der Waals surface area contributed by atoms with Gasteiger partial charge < -0.3 is 0 Å². The summed E-state index contributed by atoms with van der Waals surface area (Å²) >= 11 is 9.58. The van der Waals surface area contributed by atoms with Crippen LogP contribution in [-0.4, -0.2) is 11.9 Å². The van der Waals surface area contributed by atoms with Gasteiger partial charge >= 0.3 is 0 Å². The highest BCUT2D eigenvalue weighted by Gasteiger charge is 2.06. The SMILES string of the molecule is CN(Cc1ccc(F)cc1)Cc1ccc(Br)cc1Cl. The van der Waals surface area contributed by atoms with E-state index in [0.717, 1.165) is 33.7 Å². The van der Waals surface area contributed by atoms with Crippen LogP contribution in [0.3, 0.4) is 0 Å².